The van der Waals surface area contributed by atoms with Crippen LogP contribution in [0.3, 0.4) is 0 Å². The Labute approximate surface area is 238 Å². The smallest absolute Gasteiger partial charge is 0.317 e. The fraction of sp³-hybridized carbons (Fsp3) is 0.556. The van der Waals surface area contributed by atoms with Crippen molar-refractivity contribution in [3.8, 4) is 5.75 Å². The highest BCUT2D eigenvalue weighted by Crippen LogP contribution is 2.19. The summed E-state index contributed by atoms with van der Waals surface area (Å²) in [6.07, 6.45) is -0.465. The van der Waals surface area contributed by atoms with Crippen LogP contribution in [0.5, 0.6) is 5.75 Å². The summed E-state index contributed by atoms with van der Waals surface area (Å²) in [4.78, 5) is 78.4. The summed E-state index contributed by atoms with van der Waals surface area (Å²) in [5.74, 6) is -2.98. The van der Waals surface area contributed by atoms with Crippen LogP contribution >= 0.6 is 0 Å². The Kier molecular flexibility index (Phi) is 10.9. The van der Waals surface area contributed by atoms with E-state index in [9.17, 15) is 28.8 Å². The fourth-order valence-corrected chi connectivity index (χ4v) is 4.34. The van der Waals surface area contributed by atoms with E-state index in [1.54, 1.807) is 39.0 Å². The minimum atomic E-state index is -1.29. The van der Waals surface area contributed by atoms with Gasteiger partial charge in [0, 0.05) is 26.2 Å². The lowest BCUT2D eigenvalue weighted by molar-refractivity contribution is -0.133. The number of urea groups is 1. The average molecular weight is 574 g/mol. The lowest BCUT2D eigenvalue weighted by Gasteiger charge is -2.25. The van der Waals surface area contributed by atoms with Gasteiger partial charge in [-0.1, -0.05) is 26.0 Å². The van der Waals surface area contributed by atoms with E-state index >= 15 is 0 Å². The van der Waals surface area contributed by atoms with Gasteiger partial charge in [0.05, 0.1) is 18.0 Å². The molecule has 14 nitrogen and oxygen atoms in total. The van der Waals surface area contributed by atoms with Gasteiger partial charge in [-0.3, -0.25) is 24.0 Å². The van der Waals surface area contributed by atoms with Gasteiger partial charge in [0.15, 0.2) is 0 Å². The van der Waals surface area contributed by atoms with Crippen LogP contribution in [-0.2, 0) is 19.2 Å². The molecule has 0 spiro atoms. The second kappa shape index (κ2) is 14.3. The van der Waals surface area contributed by atoms with E-state index in [0.717, 1.165) is 0 Å². The maximum Gasteiger partial charge on any atom is 0.317 e. The SMILES string of the molecule is CC(C)[C@H]1NC(=O)[C@H](C)NC(=O)C[C@@H](C(=O)NCCN2CCNC2=O)NC(=O)c2ccccc2OC[C@H](C)NC1=O. The second-order valence-electron chi connectivity index (χ2n) is 10.5. The van der Waals surface area contributed by atoms with Crippen molar-refractivity contribution in [3.05, 3.63) is 29.8 Å². The standard InChI is InChI=1S/C27H39N7O7/c1-15(2)22-26(39)30-16(3)14-41-20-8-6-5-7-18(20)24(37)32-19(13-21(35)31-17(4)23(36)33-22)25(38)28-9-11-34-12-10-29-27(34)40/h5-8,15-17,19,22H,9-14H2,1-4H3,(H,28,38)(H,29,40)(H,30,39)(H,31,35)(H,32,37)(H,33,36)/t16-,17-,19-,22+/m0/s1. The monoisotopic (exact) mass is 573 g/mol. The first kappa shape index (κ1) is 31.2. The van der Waals surface area contributed by atoms with Crippen molar-refractivity contribution in [3.63, 3.8) is 0 Å². The van der Waals surface area contributed by atoms with Crippen LogP contribution in [0, 0.1) is 5.92 Å². The van der Waals surface area contributed by atoms with E-state index in [1.165, 1.54) is 17.9 Å². The van der Waals surface area contributed by atoms with Crippen molar-refractivity contribution in [2.24, 2.45) is 5.92 Å². The van der Waals surface area contributed by atoms with E-state index in [0.29, 0.717) is 13.1 Å². The van der Waals surface area contributed by atoms with Crippen LogP contribution in [0.25, 0.3) is 0 Å². The Morgan fingerprint density at radius 1 is 1.02 bits per heavy atom. The number of hydrogen-bond donors (Lipinski definition) is 6. The Balaban J connectivity index is 1.83. The van der Waals surface area contributed by atoms with Crippen molar-refractivity contribution in [2.45, 2.75) is 58.3 Å². The second-order valence-corrected chi connectivity index (χ2v) is 10.5. The molecule has 1 aromatic carbocycles. The minimum absolute atomic E-state index is 0.0270. The summed E-state index contributed by atoms with van der Waals surface area (Å²) in [5, 5.41) is 15.9. The minimum Gasteiger partial charge on any atom is -0.491 e. The first-order valence-corrected chi connectivity index (χ1v) is 13.7. The highest BCUT2D eigenvalue weighted by atomic mass is 16.5. The summed E-state index contributed by atoms with van der Waals surface area (Å²) in [7, 11) is 0. The fourth-order valence-electron chi connectivity index (χ4n) is 4.34. The quantitative estimate of drug-likeness (QED) is 0.257. The molecule has 7 amide bonds. The van der Waals surface area contributed by atoms with Gasteiger partial charge in [0.25, 0.3) is 5.91 Å². The van der Waals surface area contributed by atoms with Gasteiger partial charge >= 0.3 is 6.03 Å². The molecule has 224 valence electrons. The zero-order chi connectivity index (χ0) is 30.1. The van der Waals surface area contributed by atoms with E-state index in [4.69, 9.17) is 4.74 Å². The Hall–Kier alpha value is -4.36. The molecule has 0 aromatic heterocycles. The first-order chi connectivity index (χ1) is 19.5. The molecule has 0 bridgehead atoms. The number of carbonyl (C=O) groups excluding carboxylic acids is 6. The van der Waals surface area contributed by atoms with Gasteiger partial charge in [-0.25, -0.2) is 4.79 Å². The maximum atomic E-state index is 13.3. The zero-order valence-corrected chi connectivity index (χ0v) is 23.7. The summed E-state index contributed by atoms with van der Waals surface area (Å²) >= 11 is 0. The third-order valence-electron chi connectivity index (χ3n) is 6.66. The van der Waals surface area contributed by atoms with Gasteiger partial charge in [0.1, 0.15) is 30.5 Å². The third-order valence-corrected chi connectivity index (χ3v) is 6.66. The number of ether oxygens (including phenoxy) is 1. The first-order valence-electron chi connectivity index (χ1n) is 13.7. The largest absolute Gasteiger partial charge is 0.491 e. The summed E-state index contributed by atoms with van der Waals surface area (Å²) in [5.41, 5.74) is 0.132. The van der Waals surface area contributed by atoms with Crippen LogP contribution in [0.2, 0.25) is 0 Å². The zero-order valence-electron chi connectivity index (χ0n) is 23.7. The Bertz CT molecular complexity index is 1160. The molecule has 3 rings (SSSR count). The maximum absolute atomic E-state index is 13.3. The molecular formula is C27H39N7O7. The predicted molar refractivity (Wildman–Crippen MR) is 148 cm³/mol. The van der Waals surface area contributed by atoms with Crippen LogP contribution in [0.15, 0.2) is 24.3 Å². The molecule has 1 aromatic rings. The van der Waals surface area contributed by atoms with Crippen LogP contribution < -0.4 is 36.6 Å². The highest BCUT2D eigenvalue weighted by molar-refractivity contribution is 6.01. The summed E-state index contributed by atoms with van der Waals surface area (Å²) < 4.78 is 5.84. The van der Waals surface area contributed by atoms with Crippen molar-refractivity contribution in [2.75, 3.05) is 32.8 Å². The molecule has 0 aliphatic carbocycles. The number of carbonyl (C=O) groups is 6. The van der Waals surface area contributed by atoms with E-state index < -0.39 is 60.1 Å². The summed E-state index contributed by atoms with van der Waals surface area (Å²) in [6, 6.07) is 2.51. The molecule has 2 aliphatic heterocycles. The predicted octanol–water partition coefficient (Wildman–Crippen LogP) is -1.14. The number of rotatable bonds is 5. The van der Waals surface area contributed by atoms with Crippen molar-refractivity contribution in [1.29, 1.82) is 0 Å². The molecule has 0 unspecified atom stereocenters. The van der Waals surface area contributed by atoms with E-state index in [-0.39, 0.29) is 43.0 Å². The lowest BCUT2D eigenvalue weighted by atomic mass is 10.0. The van der Waals surface area contributed by atoms with Crippen molar-refractivity contribution < 1.29 is 33.5 Å². The molecule has 0 radical (unpaired) electrons. The van der Waals surface area contributed by atoms with Crippen LogP contribution in [0.4, 0.5) is 4.79 Å². The highest BCUT2D eigenvalue weighted by Gasteiger charge is 2.30. The molecule has 14 heteroatoms. The average Bonchev–Trinajstić information content (AvgIpc) is 3.33. The van der Waals surface area contributed by atoms with Gasteiger partial charge < -0.3 is 41.5 Å². The van der Waals surface area contributed by atoms with Gasteiger partial charge in [-0.15, -0.1) is 0 Å². The number of nitrogens with zero attached hydrogens (tertiary/aromatic N) is 1. The lowest BCUT2D eigenvalue weighted by Crippen LogP contribution is -2.56. The molecule has 0 saturated carbocycles. The molecular weight excluding hydrogens is 534 g/mol. The number of para-hydroxylation sites is 1. The van der Waals surface area contributed by atoms with Crippen LogP contribution in [-0.4, -0.2) is 97.4 Å². The van der Waals surface area contributed by atoms with Gasteiger partial charge in [-0.05, 0) is 31.9 Å². The number of amides is 7. The number of benzene rings is 1. The Morgan fingerprint density at radius 3 is 2.44 bits per heavy atom. The molecule has 1 fully saturated rings. The van der Waals surface area contributed by atoms with Crippen molar-refractivity contribution in [1.82, 2.24) is 36.8 Å². The molecule has 2 heterocycles. The third kappa shape index (κ3) is 8.82. The molecule has 41 heavy (non-hydrogen) atoms. The van der Waals surface area contributed by atoms with Crippen LogP contribution in [0.1, 0.15) is 44.5 Å². The number of nitrogens with one attached hydrogen (secondary N) is 6. The van der Waals surface area contributed by atoms with Gasteiger partial charge in [0.2, 0.25) is 23.6 Å². The van der Waals surface area contributed by atoms with E-state index in [2.05, 4.69) is 31.9 Å². The molecule has 2 aliphatic rings. The topological polar surface area (TPSA) is 187 Å². The summed E-state index contributed by atoms with van der Waals surface area (Å²) in [6.45, 7) is 8.15. The normalized spacial score (nSPS) is 24.6. The van der Waals surface area contributed by atoms with Crippen molar-refractivity contribution >= 4 is 35.6 Å². The molecule has 6 N–H and O–H groups in total. The Morgan fingerprint density at radius 2 is 1.76 bits per heavy atom. The number of hydrogen-bond acceptors (Lipinski definition) is 7. The van der Waals surface area contributed by atoms with E-state index in [1.807, 2.05) is 0 Å². The number of fused-ring (bicyclic) bond motifs is 1. The van der Waals surface area contributed by atoms with Gasteiger partial charge in [-0.2, -0.15) is 0 Å². The molecule has 1 saturated heterocycles. The molecule has 4 atom stereocenters.